The third kappa shape index (κ3) is 3.81. The molecular formula is C16H23N3. The smallest absolute Gasteiger partial charge is 0.0555 e. The fourth-order valence-electron chi connectivity index (χ4n) is 2.43. The van der Waals surface area contributed by atoms with Crippen molar-refractivity contribution >= 4 is 0 Å². The Hall–Kier alpha value is -1.34. The van der Waals surface area contributed by atoms with Gasteiger partial charge < -0.3 is 10.6 Å². The highest BCUT2D eigenvalue weighted by molar-refractivity contribution is 5.41. The second kappa shape index (κ2) is 6.72. The summed E-state index contributed by atoms with van der Waals surface area (Å²) < 4.78 is 0. The zero-order valence-electron chi connectivity index (χ0n) is 11.9. The highest BCUT2D eigenvalue weighted by Crippen LogP contribution is 2.14. The van der Waals surface area contributed by atoms with Crippen molar-refractivity contribution < 1.29 is 0 Å². The van der Waals surface area contributed by atoms with Crippen LogP contribution in [0.25, 0.3) is 0 Å². The summed E-state index contributed by atoms with van der Waals surface area (Å²) >= 11 is 0. The monoisotopic (exact) mass is 257 g/mol. The molecule has 2 N–H and O–H groups in total. The van der Waals surface area contributed by atoms with Crippen molar-refractivity contribution in [1.29, 1.82) is 0 Å². The normalized spacial score (nSPS) is 20.9. The minimum atomic E-state index is 0.417. The Morgan fingerprint density at radius 3 is 2.84 bits per heavy atom. The molecule has 3 heteroatoms. The third-order valence-corrected chi connectivity index (χ3v) is 3.78. The van der Waals surface area contributed by atoms with E-state index in [2.05, 4.69) is 53.8 Å². The van der Waals surface area contributed by atoms with Crippen molar-refractivity contribution in [3.05, 3.63) is 35.4 Å². The number of likely N-dealkylation sites (N-methyl/N-ethyl adjacent to an activating group) is 1. The average Bonchev–Trinajstić information content (AvgIpc) is 2.42. The summed E-state index contributed by atoms with van der Waals surface area (Å²) in [5.41, 5.74) is 7.87. The lowest BCUT2D eigenvalue weighted by Crippen LogP contribution is -2.49. The van der Waals surface area contributed by atoms with E-state index < -0.39 is 0 Å². The molecule has 0 spiro atoms. The molecule has 1 saturated heterocycles. The van der Waals surface area contributed by atoms with E-state index >= 15 is 0 Å². The molecule has 0 bridgehead atoms. The molecule has 1 aromatic carbocycles. The molecule has 0 aromatic heterocycles. The van der Waals surface area contributed by atoms with Gasteiger partial charge in [-0.1, -0.05) is 30.0 Å². The number of hydrogen-bond acceptors (Lipinski definition) is 3. The molecule has 1 atom stereocenters. The van der Waals surface area contributed by atoms with E-state index in [1.54, 1.807) is 0 Å². The quantitative estimate of drug-likeness (QED) is 0.806. The third-order valence-electron chi connectivity index (χ3n) is 3.78. The van der Waals surface area contributed by atoms with Gasteiger partial charge in [-0.2, -0.15) is 0 Å². The van der Waals surface area contributed by atoms with Gasteiger partial charge in [-0.25, -0.2) is 0 Å². The highest BCUT2D eigenvalue weighted by Gasteiger charge is 2.20. The van der Waals surface area contributed by atoms with Gasteiger partial charge in [0.05, 0.1) is 6.54 Å². The van der Waals surface area contributed by atoms with Gasteiger partial charge in [0.15, 0.2) is 0 Å². The maximum Gasteiger partial charge on any atom is 0.0555 e. The van der Waals surface area contributed by atoms with Gasteiger partial charge >= 0.3 is 0 Å². The number of hydrogen-bond donors (Lipinski definition) is 1. The van der Waals surface area contributed by atoms with E-state index in [0.717, 1.165) is 31.7 Å². The summed E-state index contributed by atoms with van der Waals surface area (Å²) in [5, 5.41) is 0. The van der Waals surface area contributed by atoms with Crippen LogP contribution in [0.3, 0.4) is 0 Å². The molecule has 0 amide bonds. The number of piperazine rings is 1. The average molecular weight is 257 g/mol. The predicted molar refractivity (Wildman–Crippen MR) is 79.7 cm³/mol. The molecule has 3 nitrogen and oxygen atoms in total. The molecule has 1 aromatic rings. The lowest BCUT2D eigenvalue weighted by Gasteiger charge is -2.37. The van der Waals surface area contributed by atoms with Crippen molar-refractivity contribution in [2.24, 2.45) is 5.73 Å². The van der Waals surface area contributed by atoms with E-state index in [4.69, 9.17) is 5.73 Å². The van der Waals surface area contributed by atoms with E-state index in [9.17, 15) is 0 Å². The maximum atomic E-state index is 5.45. The van der Waals surface area contributed by atoms with Gasteiger partial charge in [0.2, 0.25) is 0 Å². The molecule has 0 saturated carbocycles. The van der Waals surface area contributed by atoms with Crippen LogP contribution >= 0.6 is 0 Å². The molecule has 2 rings (SSSR count). The first-order valence-corrected chi connectivity index (χ1v) is 6.90. The summed E-state index contributed by atoms with van der Waals surface area (Å²) in [7, 11) is 2.20. The Morgan fingerprint density at radius 1 is 1.32 bits per heavy atom. The first-order valence-electron chi connectivity index (χ1n) is 6.90. The molecule has 0 aliphatic carbocycles. The van der Waals surface area contributed by atoms with Crippen molar-refractivity contribution in [3.63, 3.8) is 0 Å². The van der Waals surface area contributed by atoms with Crippen LogP contribution in [0.2, 0.25) is 0 Å². The molecule has 1 fully saturated rings. The molecular weight excluding hydrogens is 234 g/mol. The van der Waals surface area contributed by atoms with E-state index in [-0.39, 0.29) is 0 Å². The van der Waals surface area contributed by atoms with Crippen molar-refractivity contribution in [2.45, 2.75) is 19.5 Å². The zero-order chi connectivity index (χ0) is 13.7. The van der Waals surface area contributed by atoms with Gasteiger partial charge in [-0.3, -0.25) is 4.90 Å². The highest BCUT2D eigenvalue weighted by atomic mass is 15.3. The number of nitrogens with two attached hydrogens (primary N) is 1. The van der Waals surface area contributed by atoms with Gasteiger partial charge in [-0.05, 0) is 25.6 Å². The Bertz CT molecular complexity index is 472. The lowest BCUT2D eigenvalue weighted by molar-refractivity contribution is 0.0999. The van der Waals surface area contributed by atoms with Gasteiger partial charge in [-0.15, -0.1) is 0 Å². The number of benzene rings is 1. The van der Waals surface area contributed by atoms with Crippen molar-refractivity contribution in [1.82, 2.24) is 9.80 Å². The summed E-state index contributed by atoms with van der Waals surface area (Å²) in [6.45, 7) is 7.06. The molecule has 1 unspecified atom stereocenters. The standard InChI is InChI=1S/C16H23N3/c1-14-12-19(11-10-18(14)2)13-16-7-4-3-6-15(16)8-5-9-17/h3-4,6-7,14H,9-13,17H2,1-2H3. The summed E-state index contributed by atoms with van der Waals surface area (Å²) in [6.07, 6.45) is 0. The zero-order valence-corrected chi connectivity index (χ0v) is 11.9. The van der Waals surface area contributed by atoms with Gasteiger partial charge in [0, 0.05) is 37.8 Å². The SMILES string of the molecule is CC1CN(Cc2ccccc2C#CCN)CCN1C. The van der Waals surface area contributed by atoms with Crippen LogP contribution in [-0.4, -0.2) is 49.1 Å². The van der Waals surface area contributed by atoms with E-state index in [1.165, 1.54) is 5.56 Å². The van der Waals surface area contributed by atoms with Crippen LogP contribution in [0.15, 0.2) is 24.3 Å². The molecule has 1 heterocycles. The van der Waals surface area contributed by atoms with Crippen LogP contribution in [0.1, 0.15) is 18.1 Å². The van der Waals surface area contributed by atoms with Gasteiger partial charge in [0.25, 0.3) is 0 Å². The molecule has 102 valence electrons. The summed E-state index contributed by atoms with van der Waals surface area (Å²) in [6, 6.07) is 9.00. The van der Waals surface area contributed by atoms with Crippen LogP contribution in [0, 0.1) is 11.8 Å². The van der Waals surface area contributed by atoms with Crippen molar-refractivity contribution in [3.8, 4) is 11.8 Å². The minimum Gasteiger partial charge on any atom is -0.320 e. The first kappa shape index (κ1) is 14.1. The van der Waals surface area contributed by atoms with Crippen LogP contribution in [-0.2, 0) is 6.54 Å². The predicted octanol–water partition coefficient (Wildman–Crippen LogP) is 1.13. The summed E-state index contributed by atoms with van der Waals surface area (Å²) in [5.74, 6) is 6.12. The Morgan fingerprint density at radius 2 is 2.11 bits per heavy atom. The number of rotatable bonds is 2. The molecule has 0 radical (unpaired) electrons. The first-order chi connectivity index (χ1) is 9.20. The van der Waals surface area contributed by atoms with Crippen LogP contribution in [0.4, 0.5) is 0 Å². The number of nitrogens with zero attached hydrogens (tertiary/aromatic N) is 2. The van der Waals surface area contributed by atoms with Crippen LogP contribution < -0.4 is 5.73 Å². The fraction of sp³-hybridized carbons (Fsp3) is 0.500. The molecule has 1 aliphatic heterocycles. The Labute approximate surface area is 116 Å². The van der Waals surface area contributed by atoms with Crippen LogP contribution in [0.5, 0.6) is 0 Å². The molecule has 1 aliphatic rings. The van der Waals surface area contributed by atoms with E-state index in [0.29, 0.717) is 12.6 Å². The topological polar surface area (TPSA) is 32.5 Å². The Kier molecular flexibility index (Phi) is 4.98. The minimum absolute atomic E-state index is 0.417. The summed E-state index contributed by atoms with van der Waals surface area (Å²) in [4.78, 5) is 4.92. The Balaban J connectivity index is 2.07. The second-order valence-corrected chi connectivity index (χ2v) is 5.23. The fourth-order valence-corrected chi connectivity index (χ4v) is 2.43. The van der Waals surface area contributed by atoms with E-state index in [1.807, 2.05) is 6.07 Å². The lowest BCUT2D eigenvalue weighted by atomic mass is 10.1. The maximum absolute atomic E-state index is 5.45. The van der Waals surface area contributed by atoms with Crippen molar-refractivity contribution in [2.75, 3.05) is 33.2 Å². The molecule has 19 heavy (non-hydrogen) atoms. The second-order valence-electron chi connectivity index (χ2n) is 5.23. The van der Waals surface area contributed by atoms with Gasteiger partial charge in [0.1, 0.15) is 0 Å². The largest absolute Gasteiger partial charge is 0.320 e.